The van der Waals surface area contributed by atoms with E-state index in [0.717, 1.165) is 0 Å². The number of allylic oxidation sites excluding steroid dienone is 6. The van der Waals surface area contributed by atoms with Gasteiger partial charge in [-0.2, -0.15) is 29.8 Å². The van der Waals surface area contributed by atoms with Gasteiger partial charge in [-0.1, -0.05) is 31.1 Å². The molecule has 21 nitrogen and oxygen atoms in total. The number of carbonyl (C=O) groups excluding carboxylic acids is 2. The van der Waals surface area contributed by atoms with Crippen LogP contribution >= 0.6 is 0 Å². The van der Waals surface area contributed by atoms with Crippen LogP contribution in [-0.2, 0) is 65.6 Å². The van der Waals surface area contributed by atoms with Crippen LogP contribution in [-0.4, -0.2) is 138 Å². The molecule has 0 bridgehead atoms. The zero-order chi connectivity index (χ0) is 51.3. The second-order valence-electron chi connectivity index (χ2n) is 17.2. The van der Waals surface area contributed by atoms with Crippen LogP contribution in [0.1, 0.15) is 83.3 Å². The lowest BCUT2D eigenvalue weighted by Crippen LogP contribution is -2.30. The molecular formula is C44H63N5O16S4. The molecule has 0 saturated carbocycles. The van der Waals surface area contributed by atoms with Crippen LogP contribution in [0.3, 0.4) is 0 Å². The van der Waals surface area contributed by atoms with Crippen molar-refractivity contribution in [2.75, 3.05) is 69.0 Å². The van der Waals surface area contributed by atoms with Crippen LogP contribution in [0.15, 0.2) is 82.3 Å². The number of benzene rings is 2. The predicted octanol–water partition coefficient (Wildman–Crippen LogP) is 3.70. The van der Waals surface area contributed by atoms with E-state index in [0.29, 0.717) is 85.7 Å². The molecule has 2 amide bonds. The van der Waals surface area contributed by atoms with E-state index in [-0.39, 0.29) is 62.9 Å². The van der Waals surface area contributed by atoms with Gasteiger partial charge in [-0.15, -0.1) is 0 Å². The molecule has 0 aromatic heterocycles. The Bertz CT molecular complexity index is 2760. The Balaban J connectivity index is 1.56. The van der Waals surface area contributed by atoms with Gasteiger partial charge in [-0.05, 0) is 88.4 Å². The Kier molecular flexibility index (Phi) is 20.3. The minimum Gasteiger partial charge on any atom is -0.744 e. The lowest BCUT2D eigenvalue weighted by Gasteiger charge is -2.30. The molecule has 384 valence electrons. The van der Waals surface area contributed by atoms with Crippen molar-refractivity contribution in [2.24, 2.45) is 5.73 Å². The number of nitrogens with two attached hydrogens (primary N) is 1. The maximum atomic E-state index is 12.6. The highest BCUT2D eigenvalue weighted by atomic mass is 32.2. The first-order chi connectivity index (χ1) is 32.2. The SMILES string of the molecule is CC1(C)C(/C=C/C=C/C=C2/N(CCCS(=O)(=O)O)c3ccc(S(=O)(=O)[O-])cc3C2(C)CCCCCC(=O)NCCCNC(=O)OCCOCCN)=[N+](CCCS(=O)(=O)O)c2ccc(S(=O)(=O)O)cc21. The summed E-state index contributed by atoms with van der Waals surface area (Å²) in [5.41, 5.74) is 6.93. The molecule has 2 aliphatic heterocycles. The number of amides is 2. The Hall–Kier alpha value is -4.57. The largest absolute Gasteiger partial charge is 0.744 e. The molecule has 0 spiro atoms. The number of alkyl carbamates (subject to hydrolysis) is 1. The first kappa shape index (κ1) is 57.0. The molecule has 0 radical (unpaired) electrons. The van der Waals surface area contributed by atoms with Crippen LogP contribution in [0.25, 0.3) is 0 Å². The first-order valence-corrected chi connectivity index (χ1v) is 28.3. The Labute approximate surface area is 404 Å². The van der Waals surface area contributed by atoms with Gasteiger partial charge in [0.15, 0.2) is 5.71 Å². The van der Waals surface area contributed by atoms with Crippen molar-refractivity contribution in [3.8, 4) is 0 Å². The van der Waals surface area contributed by atoms with E-state index in [1.165, 1.54) is 36.4 Å². The molecular weight excluding hydrogens is 983 g/mol. The molecule has 2 aromatic carbocycles. The molecule has 7 N–H and O–H groups in total. The predicted molar refractivity (Wildman–Crippen MR) is 257 cm³/mol. The minimum atomic E-state index is -4.89. The highest BCUT2D eigenvalue weighted by molar-refractivity contribution is 7.86. The molecule has 0 saturated heterocycles. The van der Waals surface area contributed by atoms with Crippen LogP contribution in [0.2, 0.25) is 0 Å². The maximum Gasteiger partial charge on any atom is 0.407 e. The second kappa shape index (κ2) is 24.5. The van der Waals surface area contributed by atoms with Gasteiger partial charge in [0.25, 0.3) is 30.4 Å². The summed E-state index contributed by atoms with van der Waals surface area (Å²) >= 11 is 0. The van der Waals surface area contributed by atoms with Crippen molar-refractivity contribution >= 4 is 69.6 Å². The van der Waals surface area contributed by atoms with Gasteiger partial charge in [0.1, 0.15) is 23.3 Å². The summed E-state index contributed by atoms with van der Waals surface area (Å²) in [4.78, 5) is 25.4. The molecule has 0 aliphatic carbocycles. The fraction of sp³-hybridized carbons (Fsp3) is 0.523. The summed E-state index contributed by atoms with van der Waals surface area (Å²) in [6, 6.07) is 8.08. The van der Waals surface area contributed by atoms with E-state index in [1.807, 2.05) is 25.7 Å². The highest BCUT2D eigenvalue weighted by Gasteiger charge is 2.45. The monoisotopic (exact) mass is 1050 g/mol. The third-order valence-corrected chi connectivity index (χ3v) is 15.0. The van der Waals surface area contributed by atoms with Crippen molar-refractivity contribution in [2.45, 2.75) is 92.8 Å². The summed E-state index contributed by atoms with van der Waals surface area (Å²) in [7, 11) is -18.1. The van der Waals surface area contributed by atoms with Gasteiger partial charge in [-0.3, -0.25) is 18.5 Å². The molecule has 4 rings (SSSR count). The van der Waals surface area contributed by atoms with E-state index in [1.54, 1.807) is 35.0 Å². The minimum absolute atomic E-state index is 0.0160. The van der Waals surface area contributed by atoms with Crippen molar-refractivity contribution in [3.05, 3.63) is 83.6 Å². The van der Waals surface area contributed by atoms with Crippen molar-refractivity contribution in [3.63, 3.8) is 0 Å². The highest BCUT2D eigenvalue weighted by Crippen LogP contribution is 2.51. The number of unbranched alkanes of at least 4 members (excludes halogenated alkanes) is 2. The van der Waals surface area contributed by atoms with E-state index in [9.17, 15) is 61.5 Å². The molecule has 69 heavy (non-hydrogen) atoms. The van der Waals surface area contributed by atoms with Crippen molar-refractivity contribution in [1.82, 2.24) is 10.6 Å². The maximum absolute atomic E-state index is 12.6. The molecule has 2 aliphatic rings. The summed E-state index contributed by atoms with van der Waals surface area (Å²) < 4.78 is 148. The summed E-state index contributed by atoms with van der Waals surface area (Å²) in [6.07, 6.45) is 10.7. The standard InChI is InChI=1S/C44H63N5O16S4/c1-43(2)35-31-33(68(58,59)60)16-18-37(35)48(24-11-29-66(52,53)54)39(43)13-6-4-7-14-40-44(3,36-32-34(69(61,62)63)17-19-38(36)49(40)25-12-30-67(55,56)57)20-9-5-8-15-41(50)46-22-10-23-47-42(51)65-28-27-64-26-21-45/h4,6-7,13-14,16-19,31-32H,5,8-12,15,20-30,45H2,1-3H3,(H5-,46,47,50,51,52,53,54,55,56,57,58,59,60,61,62,63). The third-order valence-electron chi connectivity index (χ3n) is 11.7. The second-order valence-corrected chi connectivity index (χ2v) is 23.2. The number of anilines is 1. The average molecular weight is 1050 g/mol. The van der Waals surface area contributed by atoms with E-state index < -0.39 is 73.8 Å². The van der Waals surface area contributed by atoms with Crippen molar-refractivity contribution in [1.29, 1.82) is 0 Å². The van der Waals surface area contributed by atoms with Crippen LogP contribution < -0.4 is 21.3 Å². The summed E-state index contributed by atoms with van der Waals surface area (Å²) in [5, 5.41) is 5.41. The van der Waals surface area contributed by atoms with Crippen LogP contribution in [0, 0.1) is 0 Å². The smallest absolute Gasteiger partial charge is 0.407 e. The van der Waals surface area contributed by atoms with Gasteiger partial charge in [-0.25, -0.2) is 13.2 Å². The Morgan fingerprint density at radius 3 is 2.12 bits per heavy atom. The lowest BCUT2D eigenvalue weighted by atomic mass is 9.77. The Morgan fingerprint density at radius 1 is 0.783 bits per heavy atom. The number of hydrogen-bond donors (Lipinski definition) is 6. The van der Waals surface area contributed by atoms with Crippen molar-refractivity contribution < 1.29 is 75.5 Å². The van der Waals surface area contributed by atoms with Gasteiger partial charge >= 0.3 is 6.09 Å². The van der Waals surface area contributed by atoms with E-state index in [4.69, 9.17) is 15.2 Å². The van der Waals surface area contributed by atoms with Gasteiger partial charge in [0, 0.05) is 73.5 Å². The molecule has 2 heterocycles. The average Bonchev–Trinajstić information content (AvgIpc) is 3.60. The van der Waals surface area contributed by atoms with Crippen LogP contribution in [0.4, 0.5) is 16.2 Å². The van der Waals surface area contributed by atoms with Crippen LogP contribution in [0.5, 0.6) is 0 Å². The normalized spacial score (nSPS) is 17.8. The molecule has 1 atom stereocenters. The zero-order valence-corrected chi connectivity index (χ0v) is 42.1. The zero-order valence-electron chi connectivity index (χ0n) is 38.8. The Morgan fingerprint density at radius 2 is 1.45 bits per heavy atom. The van der Waals surface area contributed by atoms with Gasteiger partial charge < -0.3 is 35.3 Å². The van der Waals surface area contributed by atoms with E-state index in [2.05, 4.69) is 10.6 Å². The first-order valence-electron chi connectivity index (χ1n) is 22.2. The number of carbonyl (C=O) groups is 2. The van der Waals surface area contributed by atoms with E-state index >= 15 is 0 Å². The van der Waals surface area contributed by atoms with Gasteiger partial charge in [0.2, 0.25) is 11.6 Å². The molecule has 1 unspecified atom stereocenters. The number of ether oxygens (including phenoxy) is 2. The van der Waals surface area contributed by atoms with Gasteiger partial charge in [0.05, 0.1) is 39.9 Å². The number of nitrogens with zero attached hydrogens (tertiary/aromatic N) is 2. The topological polar surface area (TPSA) is 329 Å². The number of hydrogen-bond acceptors (Lipinski definition) is 15. The third kappa shape index (κ3) is 16.8. The quantitative estimate of drug-likeness (QED) is 0.0306. The summed E-state index contributed by atoms with van der Waals surface area (Å²) in [5.74, 6) is -1.27. The number of nitrogens with one attached hydrogen (secondary N) is 2. The molecule has 25 heteroatoms. The lowest BCUT2D eigenvalue weighted by molar-refractivity contribution is -0.437. The molecule has 0 fully saturated rings. The fourth-order valence-corrected chi connectivity index (χ4v) is 10.4. The number of fused-ring (bicyclic) bond motifs is 2. The molecule has 2 aromatic rings. The fourth-order valence-electron chi connectivity index (χ4n) is 8.38. The summed E-state index contributed by atoms with van der Waals surface area (Å²) in [6.45, 7) is 7.37. The number of rotatable bonds is 28.